The van der Waals surface area contributed by atoms with Gasteiger partial charge in [-0.15, -0.1) is 0 Å². The van der Waals surface area contributed by atoms with Gasteiger partial charge in [0.1, 0.15) is 12.1 Å². The van der Waals surface area contributed by atoms with E-state index < -0.39 is 0 Å². The highest BCUT2D eigenvalue weighted by Crippen LogP contribution is 2.39. The monoisotopic (exact) mass is 458 g/mol. The number of pyridine rings is 2. The van der Waals surface area contributed by atoms with Crippen LogP contribution in [0.5, 0.6) is 0 Å². The molecule has 9 nitrogen and oxygen atoms in total. The van der Waals surface area contributed by atoms with Crippen LogP contribution in [-0.2, 0) is 4.79 Å². The lowest BCUT2D eigenvalue weighted by Gasteiger charge is -2.34. The fraction of sp³-hybridized carbons (Fsp3) is 0.440. The Bertz CT molecular complexity index is 1430. The number of hydrogen-bond acceptors (Lipinski definition) is 6. The molecule has 0 aliphatic carbocycles. The minimum atomic E-state index is -0.255. The predicted molar refractivity (Wildman–Crippen MR) is 132 cm³/mol. The van der Waals surface area contributed by atoms with Crippen LogP contribution in [0.25, 0.3) is 27.9 Å². The third-order valence-corrected chi connectivity index (χ3v) is 7.64. The second kappa shape index (κ2) is 7.53. The molecule has 9 heteroatoms. The molecule has 2 bridgehead atoms. The molecule has 3 N–H and O–H groups in total. The first-order valence-corrected chi connectivity index (χ1v) is 11.9. The van der Waals surface area contributed by atoms with Crippen molar-refractivity contribution < 1.29 is 4.79 Å². The summed E-state index contributed by atoms with van der Waals surface area (Å²) in [6, 6.07) is 5.00. The number of fused-ring (bicyclic) bond motifs is 4. The van der Waals surface area contributed by atoms with Gasteiger partial charge in [-0.2, -0.15) is 5.10 Å². The number of carbonyl (C=O) groups is 1. The molecule has 0 saturated carbocycles. The zero-order valence-corrected chi connectivity index (χ0v) is 20.0. The van der Waals surface area contributed by atoms with Crippen LogP contribution in [0.15, 0.2) is 24.7 Å². The number of nitrogens with two attached hydrogens (primary N) is 1. The molecule has 2 saturated heterocycles. The van der Waals surface area contributed by atoms with Gasteiger partial charge in [0.05, 0.1) is 23.3 Å². The molecule has 0 aromatic carbocycles. The number of rotatable bonds is 5. The minimum Gasteiger partial charge on any atom is -0.369 e. The third-order valence-electron chi connectivity index (χ3n) is 7.64. The fourth-order valence-electron chi connectivity index (χ4n) is 5.89. The van der Waals surface area contributed by atoms with E-state index in [1.807, 2.05) is 4.52 Å². The van der Waals surface area contributed by atoms with Gasteiger partial charge in [-0.1, -0.05) is 13.8 Å². The van der Waals surface area contributed by atoms with Gasteiger partial charge >= 0.3 is 0 Å². The summed E-state index contributed by atoms with van der Waals surface area (Å²) in [4.78, 5) is 29.3. The standard InChI is InChI=1S/C25H30N8O/c1-13(2)22-23(18-10-33-25(27-12-28-33)15(4)14(18)3)29-19-5-6-21(30-24(19)22)32-9-16-7-17(32)8-31(16)11-20(26)34/h5-6,10,12-13,16-17,29H,7-9,11H2,1-4H3,(H2,26,34)/t16-,17-/m0/s1. The van der Waals surface area contributed by atoms with Crippen molar-refractivity contribution in [3.63, 3.8) is 0 Å². The van der Waals surface area contributed by atoms with Crippen molar-refractivity contribution in [2.24, 2.45) is 5.73 Å². The van der Waals surface area contributed by atoms with E-state index >= 15 is 0 Å². The molecule has 4 aromatic heterocycles. The predicted octanol–water partition coefficient (Wildman–Crippen LogP) is 2.76. The number of amides is 1. The molecule has 2 atom stereocenters. The largest absolute Gasteiger partial charge is 0.369 e. The average Bonchev–Trinajstić information content (AvgIpc) is 3.56. The number of primary amides is 1. The second-order valence-electron chi connectivity index (χ2n) is 10.0. The third kappa shape index (κ3) is 3.10. The van der Waals surface area contributed by atoms with Gasteiger partial charge in [0.15, 0.2) is 5.65 Å². The summed E-state index contributed by atoms with van der Waals surface area (Å²) in [5.74, 6) is 1.04. The minimum absolute atomic E-state index is 0.255. The van der Waals surface area contributed by atoms with E-state index in [0.29, 0.717) is 24.5 Å². The molecule has 4 aromatic rings. The molecule has 2 fully saturated rings. The van der Waals surface area contributed by atoms with Crippen molar-refractivity contribution in [3.8, 4) is 11.3 Å². The molecule has 34 heavy (non-hydrogen) atoms. The lowest BCUT2D eigenvalue weighted by atomic mass is 9.95. The smallest absolute Gasteiger partial charge is 0.231 e. The highest BCUT2D eigenvalue weighted by Gasteiger charge is 2.44. The molecule has 2 aliphatic rings. The Labute approximate surface area is 198 Å². The summed E-state index contributed by atoms with van der Waals surface area (Å²) in [7, 11) is 0. The quantitative estimate of drug-likeness (QED) is 0.476. The Morgan fingerprint density at radius 2 is 2.03 bits per heavy atom. The van der Waals surface area contributed by atoms with E-state index in [1.54, 1.807) is 6.33 Å². The van der Waals surface area contributed by atoms with Crippen LogP contribution in [0.3, 0.4) is 0 Å². The van der Waals surface area contributed by atoms with E-state index in [1.165, 1.54) is 11.1 Å². The SMILES string of the molecule is Cc1c(-c2[nH]c3ccc(N4C[C@@H]5C[C@H]4CN5CC(N)=O)nc3c2C(C)C)cn2ncnc2c1C. The summed E-state index contributed by atoms with van der Waals surface area (Å²) in [5.41, 5.74) is 14.2. The Morgan fingerprint density at radius 3 is 2.74 bits per heavy atom. The van der Waals surface area contributed by atoms with Crippen molar-refractivity contribution in [1.82, 2.24) is 29.5 Å². The van der Waals surface area contributed by atoms with E-state index in [-0.39, 0.29) is 5.91 Å². The van der Waals surface area contributed by atoms with Gasteiger partial charge in [-0.3, -0.25) is 9.69 Å². The molecular weight excluding hydrogens is 428 g/mol. The highest BCUT2D eigenvalue weighted by molar-refractivity contribution is 5.90. The van der Waals surface area contributed by atoms with Crippen LogP contribution in [0.1, 0.15) is 42.9 Å². The second-order valence-corrected chi connectivity index (χ2v) is 10.0. The normalized spacial score (nSPS) is 20.4. The number of likely N-dealkylation sites (tertiary alicyclic amines) is 1. The highest BCUT2D eigenvalue weighted by atomic mass is 16.1. The van der Waals surface area contributed by atoms with E-state index in [2.05, 4.69) is 70.9 Å². The maximum atomic E-state index is 11.4. The molecule has 0 spiro atoms. The lowest BCUT2D eigenvalue weighted by Crippen LogP contribution is -2.49. The molecule has 2 aliphatic heterocycles. The number of carbonyl (C=O) groups excluding carboxylic acids is 1. The van der Waals surface area contributed by atoms with Gasteiger partial charge in [-0.05, 0) is 49.4 Å². The number of hydrogen-bond donors (Lipinski definition) is 2. The first-order chi connectivity index (χ1) is 16.3. The molecule has 6 rings (SSSR count). The zero-order chi connectivity index (χ0) is 23.7. The molecule has 6 heterocycles. The van der Waals surface area contributed by atoms with Gasteiger partial charge < -0.3 is 15.6 Å². The summed E-state index contributed by atoms with van der Waals surface area (Å²) in [6.07, 6.45) is 4.72. The van der Waals surface area contributed by atoms with Crippen LogP contribution < -0.4 is 10.6 Å². The molecule has 0 unspecified atom stereocenters. The Kier molecular flexibility index (Phi) is 4.67. The molecular formula is C25H30N8O. The fourth-order valence-corrected chi connectivity index (χ4v) is 5.89. The first-order valence-electron chi connectivity index (χ1n) is 11.9. The zero-order valence-electron chi connectivity index (χ0n) is 20.0. The Morgan fingerprint density at radius 1 is 1.21 bits per heavy atom. The first kappa shape index (κ1) is 21.1. The number of nitrogens with one attached hydrogen (secondary N) is 1. The number of nitrogens with zero attached hydrogens (tertiary/aromatic N) is 6. The molecule has 0 radical (unpaired) electrons. The average molecular weight is 459 g/mol. The summed E-state index contributed by atoms with van der Waals surface area (Å²) >= 11 is 0. The van der Waals surface area contributed by atoms with Crippen LogP contribution in [0, 0.1) is 13.8 Å². The van der Waals surface area contributed by atoms with Gasteiger partial charge in [0, 0.05) is 42.5 Å². The van der Waals surface area contributed by atoms with Crippen molar-refractivity contribution in [2.75, 3.05) is 24.5 Å². The summed E-state index contributed by atoms with van der Waals surface area (Å²) in [5, 5.41) is 4.38. The number of piperazine rings is 1. The van der Waals surface area contributed by atoms with Gasteiger partial charge in [-0.25, -0.2) is 14.5 Å². The van der Waals surface area contributed by atoms with Crippen LogP contribution in [-0.4, -0.2) is 67.1 Å². The van der Waals surface area contributed by atoms with Crippen molar-refractivity contribution >= 4 is 28.4 Å². The Hall–Kier alpha value is -3.46. The van der Waals surface area contributed by atoms with E-state index in [4.69, 9.17) is 10.7 Å². The van der Waals surface area contributed by atoms with Crippen molar-refractivity contribution in [1.29, 1.82) is 0 Å². The Balaban J connectivity index is 1.42. The lowest BCUT2D eigenvalue weighted by molar-refractivity contribution is -0.119. The number of aryl methyl sites for hydroxylation is 1. The van der Waals surface area contributed by atoms with Gasteiger partial charge in [0.25, 0.3) is 0 Å². The van der Waals surface area contributed by atoms with Gasteiger partial charge in [0.2, 0.25) is 5.91 Å². The maximum absolute atomic E-state index is 11.4. The topological polar surface area (TPSA) is 108 Å². The number of anilines is 1. The summed E-state index contributed by atoms with van der Waals surface area (Å²) < 4.78 is 1.85. The number of aromatic nitrogens is 5. The van der Waals surface area contributed by atoms with Crippen molar-refractivity contribution in [2.45, 2.75) is 52.1 Å². The van der Waals surface area contributed by atoms with Crippen LogP contribution in [0.2, 0.25) is 0 Å². The number of aromatic amines is 1. The molecule has 176 valence electrons. The van der Waals surface area contributed by atoms with E-state index in [9.17, 15) is 4.79 Å². The summed E-state index contributed by atoms with van der Waals surface area (Å²) in [6.45, 7) is 10.8. The maximum Gasteiger partial charge on any atom is 0.231 e. The molecule has 1 amide bonds. The number of H-pyrrole nitrogens is 1. The van der Waals surface area contributed by atoms with E-state index in [0.717, 1.165) is 58.8 Å². The van der Waals surface area contributed by atoms with Crippen LogP contribution in [0.4, 0.5) is 5.82 Å². The van der Waals surface area contributed by atoms with Crippen LogP contribution >= 0.6 is 0 Å². The van der Waals surface area contributed by atoms with Crippen molar-refractivity contribution in [3.05, 3.63) is 41.3 Å².